The van der Waals surface area contributed by atoms with Gasteiger partial charge in [0.15, 0.2) is 6.10 Å². The second-order valence-electron chi connectivity index (χ2n) is 6.28. The number of aliphatic hydroxyl groups excluding tert-OH is 1. The SMILES string of the molecule is Cn1ccnc1C(O)c1cc2n(n1)CCN(CCn1cc(Cl)cn1)C2. The predicted molar refractivity (Wildman–Crippen MR) is 92.0 cm³/mol. The summed E-state index contributed by atoms with van der Waals surface area (Å²) in [5.41, 5.74) is 1.75. The number of imidazole rings is 1. The lowest BCUT2D eigenvalue weighted by Gasteiger charge is -2.27. The average Bonchev–Trinajstić information content (AvgIpc) is 3.31. The van der Waals surface area contributed by atoms with Crippen LogP contribution in [0.25, 0.3) is 0 Å². The molecule has 1 atom stereocenters. The van der Waals surface area contributed by atoms with Crippen molar-refractivity contribution in [1.29, 1.82) is 0 Å². The summed E-state index contributed by atoms with van der Waals surface area (Å²) in [6.45, 7) is 4.21. The van der Waals surface area contributed by atoms with Gasteiger partial charge in [0.1, 0.15) is 5.82 Å². The van der Waals surface area contributed by atoms with Crippen LogP contribution in [0.4, 0.5) is 0 Å². The minimum atomic E-state index is -0.808. The van der Waals surface area contributed by atoms with Crippen molar-refractivity contribution in [3.8, 4) is 0 Å². The zero-order valence-electron chi connectivity index (χ0n) is 14.0. The molecule has 4 rings (SSSR count). The number of rotatable bonds is 5. The van der Waals surface area contributed by atoms with Crippen LogP contribution in [-0.2, 0) is 26.7 Å². The van der Waals surface area contributed by atoms with E-state index in [-0.39, 0.29) is 0 Å². The maximum Gasteiger partial charge on any atom is 0.155 e. The second-order valence-corrected chi connectivity index (χ2v) is 6.72. The van der Waals surface area contributed by atoms with Crippen LogP contribution < -0.4 is 0 Å². The smallest absolute Gasteiger partial charge is 0.155 e. The van der Waals surface area contributed by atoms with E-state index in [1.807, 2.05) is 39.4 Å². The van der Waals surface area contributed by atoms with E-state index in [4.69, 9.17) is 11.6 Å². The maximum atomic E-state index is 10.5. The molecule has 0 spiro atoms. The molecule has 3 aromatic heterocycles. The Labute approximate surface area is 150 Å². The highest BCUT2D eigenvalue weighted by atomic mass is 35.5. The van der Waals surface area contributed by atoms with Crippen LogP contribution in [0.2, 0.25) is 5.02 Å². The highest BCUT2D eigenvalue weighted by molar-refractivity contribution is 6.30. The van der Waals surface area contributed by atoms with Crippen molar-refractivity contribution in [2.24, 2.45) is 7.05 Å². The molecule has 0 bridgehead atoms. The molecule has 0 saturated heterocycles. The number of aryl methyl sites for hydroxylation is 1. The van der Waals surface area contributed by atoms with E-state index >= 15 is 0 Å². The van der Waals surface area contributed by atoms with Gasteiger partial charge in [-0.3, -0.25) is 14.3 Å². The van der Waals surface area contributed by atoms with Crippen LogP contribution in [0.15, 0.2) is 30.9 Å². The first-order valence-electron chi connectivity index (χ1n) is 8.22. The minimum Gasteiger partial charge on any atom is -0.379 e. The largest absolute Gasteiger partial charge is 0.379 e. The van der Waals surface area contributed by atoms with Crippen LogP contribution >= 0.6 is 11.6 Å². The van der Waals surface area contributed by atoms with E-state index in [0.717, 1.165) is 38.4 Å². The molecule has 0 aliphatic carbocycles. The molecule has 0 aromatic carbocycles. The van der Waals surface area contributed by atoms with Crippen LogP contribution in [-0.4, -0.2) is 52.2 Å². The van der Waals surface area contributed by atoms with Crippen molar-refractivity contribution in [3.63, 3.8) is 0 Å². The Kier molecular flexibility index (Phi) is 4.32. The Morgan fingerprint density at radius 1 is 1.32 bits per heavy atom. The number of halogens is 1. The molecule has 0 saturated carbocycles. The van der Waals surface area contributed by atoms with Gasteiger partial charge in [-0.25, -0.2) is 4.98 Å². The Balaban J connectivity index is 1.43. The van der Waals surface area contributed by atoms with Crippen molar-refractivity contribution in [2.75, 3.05) is 13.1 Å². The van der Waals surface area contributed by atoms with Crippen LogP contribution in [0, 0.1) is 0 Å². The van der Waals surface area contributed by atoms with E-state index in [9.17, 15) is 5.11 Å². The van der Waals surface area contributed by atoms with E-state index in [1.165, 1.54) is 0 Å². The number of fused-ring (bicyclic) bond motifs is 1. The van der Waals surface area contributed by atoms with Gasteiger partial charge in [0, 0.05) is 45.3 Å². The first kappa shape index (κ1) is 16.3. The summed E-state index contributed by atoms with van der Waals surface area (Å²) in [6, 6.07) is 1.97. The van der Waals surface area contributed by atoms with Gasteiger partial charge < -0.3 is 9.67 Å². The molecule has 0 fully saturated rings. The van der Waals surface area contributed by atoms with Gasteiger partial charge in [0.05, 0.1) is 35.7 Å². The summed E-state index contributed by atoms with van der Waals surface area (Å²) in [5.74, 6) is 0.600. The van der Waals surface area contributed by atoms with Crippen molar-refractivity contribution in [1.82, 2.24) is 34.0 Å². The highest BCUT2D eigenvalue weighted by Crippen LogP contribution is 2.22. The third-order valence-corrected chi connectivity index (χ3v) is 4.72. The van der Waals surface area contributed by atoms with E-state index in [2.05, 4.69) is 20.1 Å². The number of nitrogens with zero attached hydrogens (tertiary/aromatic N) is 7. The zero-order valence-corrected chi connectivity index (χ0v) is 14.7. The van der Waals surface area contributed by atoms with Crippen molar-refractivity contribution >= 4 is 11.6 Å². The maximum absolute atomic E-state index is 10.5. The fourth-order valence-corrected chi connectivity index (χ4v) is 3.30. The molecule has 132 valence electrons. The Morgan fingerprint density at radius 3 is 2.92 bits per heavy atom. The average molecular weight is 362 g/mol. The molecule has 25 heavy (non-hydrogen) atoms. The second kappa shape index (κ2) is 6.62. The van der Waals surface area contributed by atoms with E-state index in [1.54, 1.807) is 12.4 Å². The van der Waals surface area contributed by atoms with Crippen LogP contribution in [0.5, 0.6) is 0 Å². The molecular formula is C16H20ClN7O. The van der Waals surface area contributed by atoms with Crippen LogP contribution in [0.3, 0.4) is 0 Å². The quantitative estimate of drug-likeness (QED) is 0.735. The predicted octanol–water partition coefficient (Wildman–Crippen LogP) is 1.06. The van der Waals surface area contributed by atoms with E-state index < -0.39 is 6.10 Å². The standard InChI is InChI=1S/C16H20ClN7O/c1-21-3-2-18-16(21)15(25)14-8-13-11-22(5-7-24(13)20-14)4-6-23-10-12(17)9-19-23/h2-3,8-10,15,25H,4-7,11H2,1H3. The summed E-state index contributed by atoms with van der Waals surface area (Å²) in [4.78, 5) is 6.56. The van der Waals surface area contributed by atoms with Gasteiger partial charge >= 0.3 is 0 Å². The lowest BCUT2D eigenvalue weighted by Crippen LogP contribution is -2.36. The molecular weight excluding hydrogens is 342 g/mol. The number of aromatic nitrogens is 6. The third-order valence-electron chi connectivity index (χ3n) is 4.53. The molecule has 1 unspecified atom stereocenters. The summed E-state index contributed by atoms with van der Waals surface area (Å²) in [6.07, 6.45) is 6.17. The van der Waals surface area contributed by atoms with Gasteiger partial charge in [0.25, 0.3) is 0 Å². The van der Waals surface area contributed by atoms with Gasteiger partial charge in [-0.1, -0.05) is 11.6 Å². The van der Waals surface area contributed by atoms with Crippen molar-refractivity contribution in [3.05, 3.63) is 53.1 Å². The van der Waals surface area contributed by atoms with Gasteiger partial charge in [0.2, 0.25) is 0 Å². The van der Waals surface area contributed by atoms with Gasteiger partial charge in [-0.15, -0.1) is 0 Å². The normalized spacial score (nSPS) is 16.1. The summed E-state index contributed by atoms with van der Waals surface area (Å²) in [7, 11) is 1.87. The topological polar surface area (TPSA) is 76.9 Å². The van der Waals surface area contributed by atoms with Crippen molar-refractivity contribution in [2.45, 2.75) is 25.7 Å². The fraction of sp³-hybridized carbons (Fsp3) is 0.438. The number of aliphatic hydroxyl groups is 1. The Morgan fingerprint density at radius 2 is 2.20 bits per heavy atom. The lowest BCUT2D eigenvalue weighted by atomic mass is 10.2. The molecule has 3 aromatic rings. The van der Waals surface area contributed by atoms with Gasteiger partial charge in [-0.2, -0.15) is 10.2 Å². The summed E-state index contributed by atoms with van der Waals surface area (Å²) < 4.78 is 5.64. The highest BCUT2D eigenvalue weighted by Gasteiger charge is 2.23. The molecule has 0 radical (unpaired) electrons. The third kappa shape index (κ3) is 3.33. The molecule has 9 heteroatoms. The first-order chi connectivity index (χ1) is 12.1. The minimum absolute atomic E-state index is 0.600. The molecule has 0 amide bonds. The van der Waals surface area contributed by atoms with Crippen LogP contribution in [0.1, 0.15) is 23.3 Å². The van der Waals surface area contributed by atoms with Gasteiger partial charge in [-0.05, 0) is 6.07 Å². The zero-order chi connectivity index (χ0) is 17.4. The number of hydrogen-bond acceptors (Lipinski definition) is 5. The Hall–Kier alpha value is -2.16. The lowest BCUT2D eigenvalue weighted by molar-refractivity contribution is 0.194. The molecule has 1 N–H and O–H groups in total. The monoisotopic (exact) mass is 361 g/mol. The van der Waals surface area contributed by atoms with E-state index in [0.29, 0.717) is 16.5 Å². The Bertz CT molecular complexity index is 868. The summed E-state index contributed by atoms with van der Waals surface area (Å²) in [5, 5.41) is 20.0. The van der Waals surface area contributed by atoms with Crippen molar-refractivity contribution < 1.29 is 5.11 Å². The molecule has 1 aliphatic heterocycles. The summed E-state index contributed by atoms with van der Waals surface area (Å²) >= 11 is 5.90. The first-order valence-corrected chi connectivity index (χ1v) is 8.60. The molecule has 4 heterocycles. The molecule has 1 aliphatic rings. The fourth-order valence-electron chi connectivity index (χ4n) is 3.14. The molecule has 8 nitrogen and oxygen atoms in total. The number of hydrogen-bond donors (Lipinski definition) is 1.